The molecule has 1 aliphatic rings. The van der Waals surface area contributed by atoms with Crippen LogP contribution < -0.4 is 5.32 Å². The number of benzene rings is 1. The van der Waals surface area contributed by atoms with Gasteiger partial charge in [0.05, 0.1) is 12.1 Å². The van der Waals surface area contributed by atoms with Gasteiger partial charge in [0.1, 0.15) is 0 Å². The Balaban J connectivity index is 1.97. The van der Waals surface area contributed by atoms with Gasteiger partial charge in [-0.15, -0.1) is 0 Å². The first-order valence-corrected chi connectivity index (χ1v) is 7.45. The Morgan fingerprint density at radius 2 is 1.90 bits per heavy atom. The number of aliphatic imine (C=N–C) groups is 1. The Bertz CT molecular complexity index is 482. The molecule has 2 rings (SSSR count). The molecule has 0 saturated carbocycles. The smallest absolute Gasteiger partial charge is 0.362 e. The second-order valence-electron chi connectivity index (χ2n) is 5.04. The van der Waals surface area contributed by atoms with E-state index in [1.165, 1.54) is 12.1 Å². The number of halogens is 3. The van der Waals surface area contributed by atoms with Gasteiger partial charge in [-0.1, -0.05) is 30.8 Å². The molecule has 2 atom stereocenters. The van der Waals surface area contributed by atoms with E-state index in [2.05, 4.69) is 24.2 Å². The summed E-state index contributed by atoms with van der Waals surface area (Å²) in [6, 6.07) is 5.53. The van der Waals surface area contributed by atoms with Crippen LogP contribution in [0, 0.1) is 5.92 Å². The van der Waals surface area contributed by atoms with E-state index >= 15 is 0 Å². The fourth-order valence-electron chi connectivity index (χ4n) is 1.79. The quantitative estimate of drug-likeness (QED) is 0.895. The highest BCUT2D eigenvalue weighted by molar-refractivity contribution is 8.13. The summed E-state index contributed by atoms with van der Waals surface area (Å²) in [6.07, 6.45) is -4.28. The number of amidine groups is 1. The highest BCUT2D eigenvalue weighted by atomic mass is 32.2. The summed E-state index contributed by atoms with van der Waals surface area (Å²) in [7, 11) is 0. The minimum absolute atomic E-state index is 0.377. The monoisotopic (exact) mass is 302 g/mol. The minimum Gasteiger partial charge on any atom is -0.362 e. The largest absolute Gasteiger partial charge is 0.416 e. The van der Waals surface area contributed by atoms with Gasteiger partial charge in [0.25, 0.3) is 0 Å². The van der Waals surface area contributed by atoms with E-state index in [1.54, 1.807) is 11.8 Å². The molecule has 2 nitrogen and oxygen atoms in total. The molecule has 2 unspecified atom stereocenters. The zero-order valence-electron chi connectivity index (χ0n) is 11.4. The molecule has 0 aromatic heterocycles. The molecule has 1 aromatic carbocycles. The first kappa shape index (κ1) is 15.2. The number of hydrogen-bond donors (Lipinski definition) is 1. The SMILES string of the molecule is CC1CSC(=NCc2ccc(C(F)(F)F)cc2)NC1C. The third kappa shape index (κ3) is 3.91. The van der Waals surface area contributed by atoms with Crippen LogP contribution in [0.2, 0.25) is 0 Å². The van der Waals surface area contributed by atoms with Crippen molar-refractivity contribution in [2.45, 2.75) is 32.6 Å². The van der Waals surface area contributed by atoms with Gasteiger partial charge in [0.2, 0.25) is 0 Å². The third-order valence-electron chi connectivity index (χ3n) is 3.37. The van der Waals surface area contributed by atoms with E-state index in [1.807, 2.05) is 0 Å². The van der Waals surface area contributed by atoms with Crippen LogP contribution in [0.1, 0.15) is 25.0 Å². The van der Waals surface area contributed by atoms with Gasteiger partial charge in [-0.05, 0) is 30.5 Å². The molecular weight excluding hydrogens is 285 g/mol. The molecule has 0 radical (unpaired) electrons. The van der Waals surface area contributed by atoms with Crippen LogP contribution in [0.4, 0.5) is 13.2 Å². The summed E-state index contributed by atoms with van der Waals surface area (Å²) in [5, 5.41) is 4.18. The third-order valence-corrected chi connectivity index (χ3v) is 4.59. The summed E-state index contributed by atoms with van der Waals surface area (Å²) >= 11 is 1.66. The molecule has 1 aromatic rings. The molecule has 6 heteroatoms. The minimum atomic E-state index is -4.28. The van der Waals surface area contributed by atoms with Gasteiger partial charge in [-0.25, -0.2) is 0 Å². The van der Waals surface area contributed by atoms with E-state index in [-0.39, 0.29) is 0 Å². The van der Waals surface area contributed by atoms with Crippen molar-refractivity contribution in [2.24, 2.45) is 10.9 Å². The van der Waals surface area contributed by atoms with E-state index in [0.29, 0.717) is 18.5 Å². The van der Waals surface area contributed by atoms with Crippen LogP contribution >= 0.6 is 11.8 Å². The maximum absolute atomic E-state index is 12.4. The maximum atomic E-state index is 12.4. The highest BCUT2D eigenvalue weighted by Gasteiger charge is 2.29. The number of thioether (sulfide) groups is 1. The van der Waals surface area contributed by atoms with Crippen molar-refractivity contribution in [2.75, 3.05) is 5.75 Å². The van der Waals surface area contributed by atoms with Crippen molar-refractivity contribution in [1.82, 2.24) is 5.32 Å². The summed E-state index contributed by atoms with van der Waals surface area (Å²) < 4.78 is 37.3. The van der Waals surface area contributed by atoms with Gasteiger partial charge in [0, 0.05) is 11.8 Å². The van der Waals surface area contributed by atoms with Crippen molar-refractivity contribution in [3.05, 3.63) is 35.4 Å². The fraction of sp³-hybridized carbons (Fsp3) is 0.500. The molecular formula is C14H17F3N2S. The number of hydrogen-bond acceptors (Lipinski definition) is 2. The molecule has 110 valence electrons. The highest BCUT2D eigenvalue weighted by Crippen LogP contribution is 2.29. The second kappa shape index (κ2) is 6.08. The summed E-state index contributed by atoms with van der Waals surface area (Å²) in [4.78, 5) is 4.42. The Morgan fingerprint density at radius 3 is 2.45 bits per heavy atom. The average Bonchev–Trinajstić information content (AvgIpc) is 2.40. The number of alkyl halides is 3. The first-order valence-electron chi connectivity index (χ1n) is 6.46. The Kier molecular flexibility index (Phi) is 4.62. The van der Waals surface area contributed by atoms with Gasteiger partial charge in [-0.2, -0.15) is 13.2 Å². The van der Waals surface area contributed by atoms with Crippen LogP contribution in [-0.4, -0.2) is 17.0 Å². The van der Waals surface area contributed by atoms with E-state index < -0.39 is 11.7 Å². The van der Waals surface area contributed by atoms with E-state index in [9.17, 15) is 13.2 Å². The van der Waals surface area contributed by atoms with Crippen LogP contribution in [0.15, 0.2) is 29.3 Å². The topological polar surface area (TPSA) is 24.4 Å². The van der Waals surface area contributed by atoms with Crippen molar-refractivity contribution in [3.63, 3.8) is 0 Å². The molecule has 0 amide bonds. The van der Waals surface area contributed by atoms with Crippen LogP contribution in [0.5, 0.6) is 0 Å². The van der Waals surface area contributed by atoms with Crippen LogP contribution in [-0.2, 0) is 12.7 Å². The van der Waals surface area contributed by atoms with Gasteiger partial charge in [0.15, 0.2) is 5.17 Å². The zero-order chi connectivity index (χ0) is 14.8. The molecule has 0 bridgehead atoms. The Morgan fingerprint density at radius 1 is 1.25 bits per heavy atom. The van der Waals surface area contributed by atoms with Gasteiger partial charge < -0.3 is 5.32 Å². The Hall–Kier alpha value is -1.17. The molecule has 1 fully saturated rings. The standard InChI is InChI=1S/C14H17F3N2S/c1-9-8-20-13(19-10(9)2)18-7-11-3-5-12(6-4-11)14(15,16)17/h3-6,9-10H,7-8H2,1-2H3,(H,18,19). The van der Waals surface area contributed by atoms with Crippen molar-refractivity contribution >= 4 is 16.9 Å². The molecule has 0 aliphatic carbocycles. The van der Waals surface area contributed by atoms with Crippen molar-refractivity contribution < 1.29 is 13.2 Å². The summed E-state index contributed by atoms with van der Waals surface area (Å²) in [5.41, 5.74) is 0.153. The molecule has 1 saturated heterocycles. The van der Waals surface area contributed by atoms with E-state index in [4.69, 9.17) is 0 Å². The zero-order valence-corrected chi connectivity index (χ0v) is 12.2. The average molecular weight is 302 g/mol. The second-order valence-corrected chi connectivity index (χ2v) is 6.05. The van der Waals surface area contributed by atoms with Crippen LogP contribution in [0.25, 0.3) is 0 Å². The van der Waals surface area contributed by atoms with Gasteiger partial charge in [-0.3, -0.25) is 4.99 Å². The number of nitrogens with zero attached hydrogens (tertiary/aromatic N) is 1. The number of nitrogens with one attached hydrogen (secondary N) is 1. The molecule has 1 aliphatic heterocycles. The fourth-order valence-corrected chi connectivity index (χ4v) is 2.92. The molecule has 0 spiro atoms. The van der Waals surface area contributed by atoms with Crippen LogP contribution in [0.3, 0.4) is 0 Å². The molecule has 1 heterocycles. The first-order chi connectivity index (χ1) is 9.36. The lowest BCUT2D eigenvalue weighted by Gasteiger charge is -2.28. The number of rotatable bonds is 2. The predicted molar refractivity (Wildman–Crippen MR) is 76.8 cm³/mol. The summed E-state index contributed by atoms with van der Waals surface area (Å²) in [6.45, 7) is 4.68. The van der Waals surface area contributed by atoms with Gasteiger partial charge >= 0.3 is 6.18 Å². The normalized spacial score (nSPS) is 25.6. The Labute approximate surface area is 120 Å². The summed E-state index contributed by atoms with van der Waals surface area (Å²) in [5.74, 6) is 1.60. The molecule has 20 heavy (non-hydrogen) atoms. The maximum Gasteiger partial charge on any atom is 0.416 e. The lowest BCUT2D eigenvalue weighted by Crippen LogP contribution is -2.41. The lowest BCUT2D eigenvalue weighted by atomic mass is 10.1. The van der Waals surface area contributed by atoms with Crippen molar-refractivity contribution in [1.29, 1.82) is 0 Å². The predicted octanol–water partition coefficient (Wildman–Crippen LogP) is 3.92. The van der Waals surface area contributed by atoms with Crippen molar-refractivity contribution in [3.8, 4) is 0 Å². The lowest BCUT2D eigenvalue weighted by molar-refractivity contribution is -0.137. The molecule has 1 N–H and O–H groups in total. The van der Waals surface area contributed by atoms with E-state index in [0.717, 1.165) is 28.6 Å².